The standard InChI is InChI=1S/C8H6ClN3/c9-7-5-3-1-2-4-6(5)11-8(10)12-7/h1-4H,(H2,10,11,12). The van der Waals surface area contributed by atoms with E-state index in [1.54, 1.807) is 0 Å². The lowest BCUT2D eigenvalue weighted by Gasteiger charge is -1.98. The van der Waals surface area contributed by atoms with E-state index in [2.05, 4.69) is 9.97 Å². The Morgan fingerprint density at radius 1 is 1.17 bits per heavy atom. The Labute approximate surface area is 74.2 Å². The quantitative estimate of drug-likeness (QED) is 0.628. The summed E-state index contributed by atoms with van der Waals surface area (Å²) in [6.45, 7) is 0. The summed E-state index contributed by atoms with van der Waals surface area (Å²) >= 11 is 5.83. The number of nitrogens with zero attached hydrogens (tertiary/aromatic N) is 2. The van der Waals surface area contributed by atoms with E-state index < -0.39 is 0 Å². The maximum Gasteiger partial charge on any atom is 0.222 e. The fourth-order valence-electron chi connectivity index (χ4n) is 1.05. The molecule has 0 aliphatic heterocycles. The van der Waals surface area contributed by atoms with Gasteiger partial charge in [0.05, 0.1) is 5.52 Å². The van der Waals surface area contributed by atoms with Crippen LogP contribution in [0.5, 0.6) is 0 Å². The molecule has 60 valence electrons. The first-order valence-corrected chi connectivity index (χ1v) is 3.83. The smallest absolute Gasteiger partial charge is 0.222 e. The van der Waals surface area contributed by atoms with Gasteiger partial charge < -0.3 is 5.73 Å². The maximum absolute atomic E-state index is 5.83. The second kappa shape index (κ2) is 2.60. The molecule has 0 atom stereocenters. The Bertz CT molecular complexity index is 428. The van der Waals surface area contributed by atoms with E-state index in [1.165, 1.54) is 0 Å². The van der Waals surface area contributed by atoms with Crippen molar-refractivity contribution in [3.8, 4) is 0 Å². The van der Waals surface area contributed by atoms with Crippen molar-refractivity contribution < 1.29 is 0 Å². The molecule has 0 spiro atoms. The first-order chi connectivity index (χ1) is 5.77. The van der Waals surface area contributed by atoms with Gasteiger partial charge in [-0.3, -0.25) is 0 Å². The zero-order valence-corrected chi connectivity index (χ0v) is 6.92. The highest BCUT2D eigenvalue weighted by Crippen LogP contribution is 2.19. The molecule has 4 heteroatoms. The van der Waals surface area contributed by atoms with E-state index in [-0.39, 0.29) is 5.95 Å². The van der Waals surface area contributed by atoms with Gasteiger partial charge in [-0.15, -0.1) is 0 Å². The van der Waals surface area contributed by atoms with Gasteiger partial charge >= 0.3 is 0 Å². The van der Waals surface area contributed by atoms with Crippen molar-refractivity contribution in [3.05, 3.63) is 29.4 Å². The zero-order valence-electron chi connectivity index (χ0n) is 6.16. The Morgan fingerprint density at radius 3 is 2.75 bits per heavy atom. The van der Waals surface area contributed by atoms with Gasteiger partial charge in [0.2, 0.25) is 5.95 Å². The van der Waals surface area contributed by atoms with E-state index in [9.17, 15) is 0 Å². The van der Waals surface area contributed by atoms with Crippen molar-refractivity contribution in [2.45, 2.75) is 0 Å². The average Bonchev–Trinajstić information content (AvgIpc) is 2.04. The lowest BCUT2D eigenvalue weighted by atomic mass is 10.2. The van der Waals surface area contributed by atoms with Gasteiger partial charge in [-0.1, -0.05) is 23.7 Å². The van der Waals surface area contributed by atoms with Crippen LogP contribution in [0, 0.1) is 0 Å². The van der Waals surface area contributed by atoms with Gasteiger partial charge in [0.25, 0.3) is 0 Å². The molecule has 0 amide bonds. The Morgan fingerprint density at radius 2 is 1.92 bits per heavy atom. The summed E-state index contributed by atoms with van der Waals surface area (Å²) < 4.78 is 0. The van der Waals surface area contributed by atoms with Crippen LogP contribution in [0.15, 0.2) is 24.3 Å². The predicted molar refractivity (Wildman–Crippen MR) is 49.0 cm³/mol. The normalized spacial score (nSPS) is 10.4. The molecule has 0 aliphatic rings. The molecule has 1 aromatic heterocycles. The molecule has 0 aliphatic carbocycles. The summed E-state index contributed by atoms with van der Waals surface area (Å²) in [6.07, 6.45) is 0. The Balaban J connectivity index is 2.89. The first kappa shape index (κ1) is 7.31. The molecular weight excluding hydrogens is 174 g/mol. The van der Waals surface area contributed by atoms with Crippen LogP contribution in [0.4, 0.5) is 5.95 Å². The lowest BCUT2D eigenvalue weighted by Crippen LogP contribution is -1.95. The van der Waals surface area contributed by atoms with Crippen molar-refractivity contribution in [2.24, 2.45) is 0 Å². The van der Waals surface area contributed by atoms with Gasteiger partial charge in [0, 0.05) is 5.39 Å². The van der Waals surface area contributed by atoms with E-state index in [1.807, 2.05) is 24.3 Å². The van der Waals surface area contributed by atoms with Crippen LogP contribution in [-0.4, -0.2) is 9.97 Å². The molecule has 0 radical (unpaired) electrons. The summed E-state index contributed by atoms with van der Waals surface area (Å²) in [7, 11) is 0. The number of halogens is 1. The van der Waals surface area contributed by atoms with Crippen molar-refractivity contribution in [1.29, 1.82) is 0 Å². The van der Waals surface area contributed by atoms with Crippen LogP contribution in [0.2, 0.25) is 5.15 Å². The number of para-hydroxylation sites is 1. The molecule has 12 heavy (non-hydrogen) atoms. The fourth-order valence-corrected chi connectivity index (χ4v) is 1.30. The van der Waals surface area contributed by atoms with Gasteiger partial charge in [-0.2, -0.15) is 0 Å². The molecule has 2 rings (SSSR count). The third-order valence-electron chi connectivity index (χ3n) is 1.57. The molecule has 0 bridgehead atoms. The van der Waals surface area contributed by atoms with Crippen LogP contribution in [0.1, 0.15) is 0 Å². The minimum absolute atomic E-state index is 0.207. The summed E-state index contributed by atoms with van der Waals surface area (Å²) in [6, 6.07) is 7.47. The van der Waals surface area contributed by atoms with Crippen molar-refractivity contribution in [2.75, 3.05) is 5.73 Å². The molecular formula is C8H6ClN3. The number of nitrogens with two attached hydrogens (primary N) is 1. The number of hydrogen-bond donors (Lipinski definition) is 1. The third kappa shape index (κ3) is 1.08. The highest BCUT2D eigenvalue weighted by molar-refractivity contribution is 6.34. The largest absolute Gasteiger partial charge is 0.368 e. The molecule has 1 aromatic carbocycles. The van der Waals surface area contributed by atoms with Crippen molar-refractivity contribution in [3.63, 3.8) is 0 Å². The number of rotatable bonds is 0. The lowest BCUT2D eigenvalue weighted by molar-refractivity contribution is 1.24. The molecule has 3 nitrogen and oxygen atoms in total. The fraction of sp³-hybridized carbons (Fsp3) is 0. The molecule has 2 aromatic rings. The topological polar surface area (TPSA) is 51.8 Å². The summed E-state index contributed by atoms with van der Waals surface area (Å²) in [4.78, 5) is 7.85. The Kier molecular flexibility index (Phi) is 1.59. The molecule has 0 saturated heterocycles. The second-order valence-corrected chi connectivity index (χ2v) is 2.75. The molecule has 1 heterocycles. The van der Waals surface area contributed by atoms with Gasteiger partial charge in [-0.05, 0) is 12.1 Å². The molecule has 0 unspecified atom stereocenters. The van der Waals surface area contributed by atoms with Gasteiger partial charge in [0.15, 0.2) is 0 Å². The van der Waals surface area contributed by atoms with E-state index >= 15 is 0 Å². The second-order valence-electron chi connectivity index (χ2n) is 2.39. The first-order valence-electron chi connectivity index (χ1n) is 3.45. The highest BCUT2D eigenvalue weighted by Gasteiger charge is 2.01. The number of aromatic nitrogens is 2. The number of anilines is 1. The summed E-state index contributed by atoms with van der Waals surface area (Å²) in [5.74, 6) is 0.207. The number of benzene rings is 1. The monoisotopic (exact) mass is 179 g/mol. The number of hydrogen-bond acceptors (Lipinski definition) is 3. The summed E-state index contributed by atoms with van der Waals surface area (Å²) in [5, 5.41) is 1.23. The zero-order chi connectivity index (χ0) is 8.55. The molecule has 0 saturated carbocycles. The minimum Gasteiger partial charge on any atom is -0.368 e. The van der Waals surface area contributed by atoms with Crippen LogP contribution in [-0.2, 0) is 0 Å². The van der Waals surface area contributed by atoms with E-state index in [0.29, 0.717) is 5.15 Å². The average molecular weight is 180 g/mol. The SMILES string of the molecule is Nc1nc(Cl)c2ccccc2n1. The van der Waals surface area contributed by atoms with E-state index in [4.69, 9.17) is 17.3 Å². The van der Waals surface area contributed by atoms with Gasteiger partial charge in [0.1, 0.15) is 5.15 Å². The maximum atomic E-state index is 5.83. The predicted octanol–water partition coefficient (Wildman–Crippen LogP) is 1.87. The van der Waals surface area contributed by atoms with Gasteiger partial charge in [-0.25, -0.2) is 9.97 Å². The van der Waals surface area contributed by atoms with Crippen LogP contribution in [0.25, 0.3) is 10.9 Å². The third-order valence-corrected chi connectivity index (χ3v) is 1.86. The van der Waals surface area contributed by atoms with Crippen molar-refractivity contribution >= 4 is 28.5 Å². The number of fused-ring (bicyclic) bond motifs is 1. The van der Waals surface area contributed by atoms with Crippen molar-refractivity contribution in [1.82, 2.24) is 9.97 Å². The van der Waals surface area contributed by atoms with Crippen LogP contribution < -0.4 is 5.73 Å². The highest BCUT2D eigenvalue weighted by atomic mass is 35.5. The van der Waals surface area contributed by atoms with Crippen LogP contribution >= 0.6 is 11.6 Å². The van der Waals surface area contributed by atoms with Crippen LogP contribution in [0.3, 0.4) is 0 Å². The Hall–Kier alpha value is -1.35. The summed E-state index contributed by atoms with van der Waals surface area (Å²) in [5.41, 5.74) is 6.19. The minimum atomic E-state index is 0.207. The van der Waals surface area contributed by atoms with E-state index in [0.717, 1.165) is 10.9 Å². The molecule has 0 fully saturated rings. The molecule has 2 N–H and O–H groups in total. The number of nitrogen functional groups attached to an aromatic ring is 1.